The van der Waals surface area contributed by atoms with E-state index in [1.165, 1.54) is 6.33 Å². The maximum atomic E-state index is 11.6. The van der Waals surface area contributed by atoms with Crippen LogP contribution in [-0.2, 0) is 10.0 Å². The predicted molar refractivity (Wildman–Crippen MR) is 60.3 cm³/mol. The third-order valence-corrected chi connectivity index (χ3v) is 5.04. The average Bonchev–Trinajstić information content (AvgIpc) is 2.95. The minimum atomic E-state index is -3.31. The highest BCUT2D eigenvalue weighted by atomic mass is 79.9. The van der Waals surface area contributed by atoms with Crippen molar-refractivity contribution in [2.45, 2.75) is 18.1 Å². The fraction of sp³-hybridized carbons (Fsp3) is 0.429. The van der Waals surface area contributed by atoms with Gasteiger partial charge in [-0.1, -0.05) is 11.6 Å². The molecule has 82 valence electrons. The Labute approximate surface area is 100 Å². The van der Waals surface area contributed by atoms with Crippen LogP contribution < -0.4 is 4.72 Å². The molecule has 5 nitrogen and oxygen atoms in total. The summed E-state index contributed by atoms with van der Waals surface area (Å²) in [5, 5.41) is -0.114. The largest absolute Gasteiger partial charge is 0.266 e. The molecule has 15 heavy (non-hydrogen) atoms. The first-order valence-electron chi connectivity index (χ1n) is 4.18. The number of aromatic nitrogens is 2. The lowest BCUT2D eigenvalue weighted by Crippen LogP contribution is -2.18. The SMILES string of the molecule is O=S(=O)(Nc1ncnc(Cl)c1Br)C1CC1. The summed E-state index contributed by atoms with van der Waals surface area (Å²) in [7, 11) is -3.31. The van der Waals surface area contributed by atoms with Crippen LogP contribution in [0.4, 0.5) is 5.82 Å². The average molecular weight is 313 g/mol. The van der Waals surface area contributed by atoms with Crippen molar-refractivity contribution >= 4 is 43.4 Å². The molecule has 0 amide bonds. The standard InChI is InChI=1S/C7H7BrClN3O2S/c8-5-6(9)10-3-11-7(5)12-15(13,14)4-1-2-4/h3-4H,1-2H2,(H,10,11,12). The van der Waals surface area contributed by atoms with Crippen molar-refractivity contribution in [2.24, 2.45) is 0 Å². The van der Waals surface area contributed by atoms with Crippen molar-refractivity contribution in [1.82, 2.24) is 9.97 Å². The van der Waals surface area contributed by atoms with E-state index < -0.39 is 10.0 Å². The van der Waals surface area contributed by atoms with Crippen LogP contribution in [0.15, 0.2) is 10.8 Å². The van der Waals surface area contributed by atoms with Crippen molar-refractivity contribution < 1.29 is 8.42 Å². The third kappa shape index (κ3) is 2.40. The lowest BCUT2D eigenvalue weighted by molar-refractivity contribution is 0.599. The molecular weight excluding hydrogens is 306 g/mol. The van der Waals surface area contributed by atoms with Crippen LogP contribution >= 0.6 is 27.5 Å². The molecular formula is C7H7BrClN3O2S. The van der Waals surface area contributed by atoms with Gasteiger partial charge in [-0.05, 0) is 28.8 Å². The Morgan fingerprint density at radius 2 is 2.13 bits per heavy atom. The van der Waals surface area contributed by atoms with E-state index in [1.807, 2.05) is 0 Å². The van der Waals surface area contributed by atoms with Gasteiger partial charge in [-0.25, -0.2) is 18.4 Å². The first-order chi connectivity index (χ1) is 7.00. The van der Waals surface area contributed by atoms with Gasteiger partial charge in [0, 0.05) is 0 Å². The molecule has 1 aliphatic carbocycles. The number of anilines is 1. The highest BCUT2D eigenvalue weighted by Gasteiger charge is 2.36. The maximum Gasteiger partial charge on any atom is 0.236 e. The Hall–Kier alpha value is -0.400. The van der Waals surface area contributed by atoms with Crippen LogP contribution in [0.5, 0.6) is 0 Å². The molecule has 0 saturated heterocycles. The van der Waals surface area contributed by atoms with Gasteiger partial charge in [-0.15, -0.1) is 0 Å². The number of rotatable bonds is 3. The van der Waals surface area contributed by atoms with E-state index in [-0.39, 0.29) is 16.2 Å². The second-order valence-corrected chi connectivity index (χ2v) is 6.29. The van der Waals surface area contributed by atoms with Crippen LogP contribution in [0, 0.1) is 0 Å². The Morgan fingerprint density at radius 3 is 2.73 bits per heavy atom. The van der Waals surface area contributed by atoms with Crippen molar-refractivity contribution in [3.8, 4) is 0 Å². The summed E-state index contributed by atoms with van der Waals surface area (Å²) in [6, 6.07) is 0. The van der Waals surface area contributed by atoms with Crippen LogP contribution in [0.1, 0.15) is 12.8 Å². The number of sulfonamides is 1. The Morgan fingerprint density at radius 1 is 1.47 bits per heavy atom. The highest BCUT2D eigenvalue weighted by Crippen LogP contribution is 2.32. The van der Waals surface area contributed by atoms with Crippen LogP contribution in [0.3, 0.4) is 0 Å². The molecule has 0 bridgehead atoms. The van der Waals surface area contributed by atoms with E-state index in [4.69, 9.17) is 11.6 Å². The second kappa shape index (κ2) is 3.88. The van der Waals surface area contributed by atoms with Crippen molar-refractivity contribution in [2.75, 3.05) is 4.72 Å². The van der Waals surface area contributed by atoms with Gasteiger partial charge in [0.2, 0.25) is 10.0 Å². The number of nitrogens with zero attached hydrogens (tertiary/aromatic N) is 2. The predicted octanol–water partition coefficient (Wildman–Crippen LogP) is 1.80. The molecule has 1 aliphatic rings. The molecule has 1 aromatic rings. The van der Waals surface area contributed by atoms with Gasteiger partial charge in [0.25, 0.3) is 0 Å². The number of halogens is 2. The Balaban J connectivity index is 2.28. The Bertz CT molecular complexity index is 489. The molecule has 0 aliphatic heterocycles. The molecule has 0 spiro atoms. The van der Waals surface area contributed by atoms with Gasteiger partial charge in [0.15, 0.2) is 5.82 Å². The van der Waals surface area contributed by atoms with E-state index in [2.05, 4.69) is 30.6 Å². The van der Waals surface area contributed by atoms with Crippen LogP contribution in [0.25, 0.3) is 0 Å². The second-order valence-electron chi connectivity index (χ2n) is 3.17. The molecule has 8 heteroatoms. The fourth-order valence-electron chi connectivity index (χ4n) is 1.02. The van der Waals surface area contributed by atoms with E-state index in [0.717, 1.165) is 0 Å². The minimum absolute atomic E-state index is 0.179. The number of hydrogen-bond donors (Lipinski definition) is 1. The summed E-state index contributed by atoms with van der Waals surface area (Å²) >= 11 is 8.82. The molecule has 0 radical (unpaired) electrons. The normalized spacial score (nSPS) is 16.4. The first-order valence-corrected chi connectivity index (χ1v) is 6.90. The quantitative estimate of drug-likeness (QED) is 0.864. The summed E-state index contributed by atoms with van der Waals surface area (Å²) < 4.78 is 25.9. The summed E-state index contributed by atoms with van der Waals surface area (Å²) in [5.74, 6) is 0.182. The molecule has 2 rings (SSSR count). The van der Waals surface area contributed by atoms with Crippen molar-refractivity contribution in [3.05, 3.63) is 16.0 Å². The van der Waals surface area contributed by atoms with Crippen LogP contribution in [-0.4, -0.2) is 23.6 Å². The van der Waals surface area contributed by atoms with Crippen LogP contribution in [0.2, 0.25) is 5.15 Å². The third-order valence-electron chi connectivity index (χ3n) is 1.95. The topological polar surface area (TPSA) is 72.0 Å². The molecule has 0 unspecified atom stereocenters. The summed E-state index contributed by atoms with van der Waals surface area (Å²) in [6.07, 6.45) is 2.61. The molecule has 0 aromatic carbocycles. The number of nitrogens with one attached hydrogen (secondary N) is 1. The van der Waals surface area contributed by atoms with Crippen molar-refractivity contribution in [1.29, 1.82) is 0 Å². The molecule has 1 N–H and O–H groups in total. The van der Waals surface area contributed by atoms with E-state index >= 15 is 0 Å². The minimum Gasteiger partial charge on any atom is -0.266 e. The highest BCUT2D eigenvalue weighted by molar-refractivity contribution is 9.10. The zero-order valence-corrected chi connectivity index (χ0v) is 10.6. The summed E-state index contributed by atoms with van der Waals surface area (Å²) in [6.45, 7) is 0. The maximum absolute atomic E-state index is 11.6. The fourth-order valence-corrected chi connectivity index (χ4v) is 2.93. The zero-order chi connectivity index (χ0) is 11.1. The first kappa shape index (κ1) is 11.1. The van der Waals surface area contributed by atoms with Gasteiger partial charge in [-0.3, -0.25) is 4.72 Å². The lowest BCUT2D eigenvalue weighted by Gasteiger charge is -2.07. The van der Waals surface area contributed by atoms with Gasteiger partial charge in [-0.2, -0.15) is 0 Å². The molecule has 1 fully saturated rings. The van der Waals surface area contributed by atoms with Crippen molar-refractivity contribution in [3.63, 3.8) is 0 Å². The van der Waals surface area contributed by atoms with E-state index in [9.17, 15) is 8.42 Å². The lowest BCUT2D eigenvalue weighted by atomic mass is 10.6. The zero-order valence-electron chi connectivity index (χ0n) is 7.44. The van der Waals surface area contributed by atoms with Gasteiger partial charge < -0.3 is 0 Å². The number of hydrogen-bond acceptors (Lipinski definition) is 4. The molecule has 1 heterocycles. The molecule has 1 saturated carbocycles. The molecule has 0 atom stereocenters. The van der Waals surface area contributed by atoms with E-state index in [1.54, 1.807) is 0 Å². The van der Waals surface area contributed by atoms with Gasteiger partial charge >= 0.3 is 0 Å². The monoisotopic (exact) mass is 311 g/mol. The summed E-state index contributed by atoms with van der Waals surface area (Å²) in [4.78, 5) is 7.50. The Kier molecular flexibility index (Phi) is 2.87. The summed E-state index contributed by atoms with van der Waals surface area (Å²) in [5.41, 5.74) is 0. The van der Waals surface area contributed by atoms with Gasteiger partial charge in [0.05, 0.1) is 9.72 Å². The molecule has 1 aromatic heterocycles. The van der Waals surface area contributed by atoms with Gasteiger partial charge in [0.1, 0.15) is 11.5 Å². The smallest absolute Gasteiger partial charge is 0.236 e. The van der Waals surface area contributed by atoms with E-state index in [0.29, 0.717) is 17.3 Å².